The highest BCUT2D eigenvalue weighted by atomic mass is 32.1. The first-order chi connectivity index (χ1) is 9.65. The number of rotatable bonds is 2. The summed E-state index contributed by atoms with van der Waals surface area (Å²) in [6.07, 6.45) is 0. The van der Waals surface area contributed by atoms with E-state index in [2.05, 4.69) is 10.3 Å². The van der Waals surface area contributed by atoms with Crippen molar-refractivity contribution in [3.8, 4) is 10.8 Å². The number of aryl methyl sites for hydroxylation is 2. The van der Waals surface area contributed by atoms with Gasteiger partial charge in [0.25, 0.3) is 5.91 Å². The van der Waals surface area contributed by atoms with Crippen LogP contribution < -0.4 is 5.32 Å². The first-order valence-electron chi connectivity index (χ1n) is 6.69. The Morgan fingerprint density at radius 2 is 2.10 bits per heavy atom. The molecule has 0 spiro atoms. The molecule has 106 valence electrons. The van der Waals surface area contributed by atoms with E-state index in [1.54, 1.807) is 0 Å². The van der Waals surface area contributed by atoms with Crippen molar-refractivity contribution in [1.29, 1.82) is 0 Å². The van der Waals surface area contributed by atoms with Crippen molar-refractivity contribution in [2.45, 2.75) is 13.8 Å². The van der Waals surface area contributed by atoms with Crippen molar-refractivity contribution in [2.24, 2.45) is 0 Å². The highest BCUT2D eigenvalue weighted by Crippen LogP contribution is 2.30. The molecule has 1 saturated heterocycles. The monoisotopic (exact) mass is 291 g/mol. The van der Waals surface area contributed by atoms with E-state index >= 15 is 0 Å². The van der Waals surface area contributed by atoms with Crippen LogP contribution in [-0.2, 0) is 0 Å². The van der Waals surface area contributed by atoms with Crippen LogP contribution in [0.1, 0.15) is 21.1 Å². The Morgan fingerprint density at radius 3 is 2.75 bits per heavy atom. The van der Waals surface area contributed by atoms with Crippen LogP contribution in [0.5, 0.6) is 0 Å². The zero-order valence-corrected chi connectivity index (χ0v) is 12.4. The number of nitrogens with one attached hydrogen (secondary N) is 1. The summed E-state index contributed by atoms with van der Waals surface area (Å²) in [6, 6.07) is 3.80. The van der Waals surface area contributed by atoms with Crippen molar-refractivity contribution in [3.05, 3.63) is 28.5 Å². The number of nitrogens with zero attached hydrogens (tertiary/aromatic N) is 2. The molecule has 2 aromatic rings. The van der Waals surface area contributed by atoms with Crippen LogP contribution in [0.2, 0.25) is 0 Å². The third kappa shape index (κ3) is 2.48. The molecule has 2 aromatic heterocycles. The standard InChI is InChI=1S/C14H17N3O2S/c1-9-3-4-11(19-9)13-16-10(2)12(20-13)14(18)17-7-5-15-6-8-17/h3-4,15H,5-8H2,1-2H3. The number of carbonyl (C=O) groups excluding carboxylic acids is 1. The second-order valence-electron chi connectivity index (χ2n) is 4.89. The van der Waals surface area contributed by atoms with Crippen molar-refractivity contribution >= 4 is 17.2 Å². The molecule has 0 bridgehead atoms. The molecule has 0 saturated carbocycles. The van der Waals surface area contributed by atoms with Gasteiger partial charge in [0.15, 0.2) is 10.8 Å². The fourth-order valence-corrected chi connectivity index (χ4v) is 3.26. The Hall–Kier alpha value is -1.66. The quantitative estimate of drug-likeness (QED) is 0.920. The molecule has 0 aromatic carbocycles. The molecule has 20 heavy (non-hydrogen) atoms. The largest absolute Gasteiger partial charge is 0.459 e. The molecule has 0 unspecified atom stereocenters. The van der Waals surface area contributed by atoms with E-state index in [-0.39, 0.29) is 5.91 Å². The molecule has 0 radical (unpaired) electrons. The van der Waals surface area contributed by atoms with Gasteiger partial charge in [-0.15, -0.1) is 11.3 Å². The first-order valence-corrected chi connectivity index (χ1v) is 7.51. The van der Waals surface area contributed by atoms with Gasteiger partial charge < -0.3 is 14.6 Å². The highest BCUT2D eigenvalue weighted by molar-refractivity contribution is 7.17. The maximum absolute atomic E-state index is 12.5. The van der Waals surface area contributed by atoms with Gasteiger partial charge in [0.2, 0.25) is 0 Å². The van der Waals surface area contributed by atoms with E-state index in [0.717, 1.165) is 53.3 Å². The number of thiazole rings is 1. The van der Waals surface area contributed by atoms with E-state index in [4.69, 9.17) is 4.42 Å². The van der Waals surface area contributed by atoms with Gasteiger partial charge in [-0.2, -0.15) is 0 Å². The summed E-state index contributed by atoms with van der Waals surface area (Å²) in [4.78, 5) is 19.6. The Balaban J connectivity index is 1.86. The van der Waals surface area contributed by atoms with Gasteiger partial charge in [-0.25, -0.2) is 4.98 Å². The molecule has 1 fully saturated rings. The van der Waals surface area contributed by atoms with E-state index in [9.17, 15) is 4.79 Å². The second kappa shape index (κ2) is 5.38. The van der Waals surface area contributed by atoms with Gasteiger partial charge >= 0.3 is 0 Å². The first kappa shape index (κ1) is 13.3. The number of amides is 1. The van der Waals surface area contributed by atoms with Crippen LogP contribution >= 0.6 is 11.3 Å². The molecule has 3 heterocycles. The van der Waals surface area contributed by atoms with Gasteiger partial charge in [0, 0.05) is 26.2 Å². The summed E-state index contributed by atoms with van der Waals surface area (Å²) in [5, 5.41) is 4.02. The molecule has 1 aliphatic heterocycles. The van der Waals surface area contributed by atoms with Gasteiger partial charge in [0.1, 0.15) is 10.6 Å². The fraction of sp³-hybridized carbons (Fsp3) is 0.429. The van der Waals surface area contributed by atoms with Crippen LogP contribution in [0, 0.1) is 13.8 Å². The normalized spacial score (nSPS) is 15.6. The smallest absolute Gasteiger partial charge is 0.265 e. The average Bonchev–Trinajstić information content (AvgIpc) is 3.05. The van der Waals surface area contributed by atoms with Gasteiger partial charge in [0.05, 0.1) is 5.69 Å². The maximum Gasteiger partial charge on any atom is 0.265 e. The maximum atomic E-state index is 12.5. The zero-order valence-electron chi connectivity index (χ0n) is 11.6. The van der Waals surface area contributed by atoms with Crippen molar-refractivity contribution < 1.29 is 9.21 Å². The lowest BCUT2D eigenvalue weighted by atomic mass is 10.3. The average molecular weight is 291 g/mol. The van der Waals surface area contributed by atoms with Crippen LogP contribution in [-0.4, -0.2) is 42.0 Å². The van der Waals surface area contributed by atoms with Crippen molar-refractivity contribution in [1.82, 2.24) is 15.2 Å². The molecule has 1 amide bonds. The molecule has 0 aliphatic carbocycles. The molecular formula is C14H17N3O2S. The van der Waals surface area contributed by atoms with Gasteiger partial charge in [-0.1, -0.05) is 0 Å². The number of carbonyl (C=O) groups is 1. The number of hydrogen-bond donors (Lipinski definition) is 1. The summed E-state index contributed by atoms with van der Waals surface area (Å²) < 4.78 is 5.58. The van der Waals surface area contributed by atoms with Gasteiger partial charge in [-0.3, -0.25) is 4.79 Å². The Kier molecular flexibility index (Phi) is 3.58. The molecule has 0 atom stereocenters. The Labute approximate surface area is 121 Å². The van der Waals surface area contributed by atoms with E-state index in [1.807, 2.05) is 30.9 Å². The van der Waals surface area contributed by atoms with Crippen LogP contribution in [0.4, 0.5) is 0 Å². The number of piperazine rings is 1. The van der Waals surface area contributed by atoms with Gasteiger partial charge in [-0.05, 0) is 26.0 Å². The van der Waals surface area contributed by atoms with E-state index < -0.39 is 0 Å². The Bertz CT molecular complexity index is 626. The molecule has 5 nitrogen and oxygen atoms in total. The predicted octanol–water partition coefficient (Wildman–Crippen LogP) is 2.07. The SMILES string of the molecule is Cc1ccc(-c2nc(C)c(C(=O)N3CCNCC3)s2)o1. The second-order valence-corrected chi connectivity index (χ2v) is 5.89. The molecule has 1 N–H and O–H groups in total. The topological polar surface area (TPSA) is 58.4 Å². The van der Waals surface area contributed by atoms with Crippen molar-refractivity contribution in [3.63, 3.8) is 0 Å². The number of aromatic nitrogens is 1. The fourth-order valence-electron chi connectivity index (χ4n) is 2.26. The minimum atomic E-state index is 0.0797. The molecular weight excluding hydrogens is 274 g/mol. The minimum absolute atomic E-state index is 0.0797. The van der Waals surface area contributed by atoms with Crippen LogP contribution in [0.25, 0.3) is 10.8 Å². The lowest BCUT2D eigenvalue weighted by Crippen LogP contribution is -2.46. The van der Waals surface area contributed by atoms with Crippen LogP contribution in [0.15, 0.2) is 16.5 Å². The Morgan fingerprint density at radius 1 is 1.35 bits per heavy atom. The zero-order chi connectivity index (χ0) is 14.1. The summed E-state index contributed by atoms with van der Waals surface area (Å²) in [5.74, 6) is 1.66. The van der Waals surface area contributed by atoms with Crippen molar-refractivity contribution in [2.75, 3.05) is 26.2 Å². The number of hydrogen-bond acceptors (Lipinski definition) is 5. The number of furan rings is 1. The lowest BCUT2D eigenvalue weighted by molar-refractivity contribution is 0.0739. The summed E-state index contributed by atoms with van der Waals surface area (Å²) in [5.41, 5.74) is 0.780. The molecule has 6 heteroatoms. The predicted molar refractivity (Wildman–Crippen MR) is 78.1 cm³/mol. The van der Waals surface area contributed by atoms with Crippen LogP contribution in [0.3, 0.4) is 0 Å². The third-order valence-corrected chi connectivity index (χ3v) is 4.51. The summed E-state index contributed by atoms with van der Waals surface area (Å²) in [7, 11) is 0. The lowest BCUT2D eigenvalue weighted by Gasteiger charge is -2.26. The highest BCUT2D eigenvalue weighted by Gasteiger charge is 2.23. The third-order valence-electron chi connectivity index (χ3n) is 3.35. The molecule has 3 rings (SSSR count). The van der Waals surface area contributed by atoms with E-state index in [1.165, 1.54) is 11.3 Å². The summed E-state index contributed by atoms with van der Waals surface area (Å²) >= 11 is 1.41. The molecule has 1 aliphatic rings. The van der Waals surface area contributed by atoms with E-state index in [0.29, 0.717) is 0 Å². The summed E-state index contributed by atoms with van der Waals surface area (Å²) in [6.45, 7) is 7.00. The minimum Gasteiger partial charge on any atom is -0.459 e.